The van der Waals surface area contributed by atoms with E-state index in [9.17, 15) is 4.79 Å². The van der Waals surface area contributed by atoms with Crippen LogP contribution in [0.25, 0.3) is 0 Å². The topological polar surface area (TPSA) is 62.2 Å². The fourth-order valence-corrected chi connectivity index (χ4v) is 3.11. The van der Waals surface area contributed by atoms with Crippen LogP contribution in [0.1, 0.15) is 36.3 Å². The van der Waals surface area contributed by atoms with Crippen LogP contribution >= 0.6 is 12.4 Å². The summed E-state index contributed by atoms with van der Waals surface area (Å²) < 4.78 is 1.92. The average Bonchev–Trinajstić information content (AvgIpc) is 3.17. The number of rotatable bonds is 6. The van der Waals surface area contributed by atoms with E-state index in [1.807, 2.05) is 36.1 Å². The lowest BCUT2D eigenvalue weighted by molar-refractivity contribution is 0.0945. The molecule has 1 aliphatic heterocycles. The minimum absolute atomic E-state index is 0. The quantitative estimate of drug-likeness (QED) is 0.811. The summed E-state index contributed by atoms with van der Waals surface area (Å²) in [5.74, 6) is -0.115. The van der Waals surface area contributed by atoms with E-state index in [0.29, 0.717) is 18.3 Å². The molecule has 0 spiro atoms. The van der Waals surface area contributed by atoms with Gasteiger partial charge in [0.25, 0.3) is 5.91 Å². The number of para-hydroxylation sites is 1. The zero-order valence-corrected chi connectivity index (χ0v) is 16.2. The molecule has 26 heavy (non-hydrogen) atoms. The van der Waals surface area contributed by atoms with E-state index in [0.717, 1.165) is 31.6 Å². The van der Waals surface area contributed by atoms with Crippen LogP contribution in [0.4, 0.5) is 5.69 Å². The molecule has 7 heteroatoms. The fourth-order valence-electron chi connectivity index (χ4n) is 3.11. The Kier molecular flexibility index (Phi) is 7.48. The molecule has 1 fully saturated rings. The van der Waals surface area contributed by atoms with Crippen molar-refractivity contribution in [3.8, 4) is 0 Å². The van der Waals surface area contributed by atoms with Gasteiger partial charge in [0.05, 0.1) is 6.04 Å². The average molecular weight is 378 g/mol. The second-order valence-electron chi connectivity index (χ2n) is 6.69. The fraction of sp³-hybridized carbons (Fsp3) is 0.474. The van der Waals surface area contributed by atoms with Gasteiger partial charge in [-0.1, -0.05) is 18.2 Å². The lowest BCUT2D eigenvalue weighted by Crippen LogP contribution is -2.40. The van der Waals surface area contributed by atoms with Crippen LogP contribution in [0.5, 0.6) is 0 Å². The molecule has 2 heterocycles. The highest BCUT2D eigenvalue weighted by Gasteiger charge is 2.18. The van der Waals surface area contributed by atoms with Crippen molar-refractivity contribution >= 4 is 24.0 Å². The molecule has 1 aromatic carbocycles. The molecule has 142 valence electrons. The van der Waals surface area contributed by atoms with Crippen molar-refractivity contribution in [2.45, 2.75) is 31.8 Å². The maximum absolute atomic E-state index is 12.4. The first-order valence-corrected chi connectivity index (χ1v) is 8.97. The maximum Gasteiger partial charge on any atom is 0.271 e. The monoisotopic (exact) mass is 377 g/mol. The van der Waals surface area contributed by atoms with Crippen LogP contribution in [-0.2, 0) is 0 Å². The number of amides is 1. The molecule has 3 rings (SSSR count). The number of halogens is 1. The van der Waals surface area contributed by atoms with Crippen LogP contribution in [-0.4, -0.2) is 48.4 Å². The molecule has 1 saturated heterocycles. The van der Waals surface area contributed by atoms with Crippen molar-refractivity contribution in [3.63, 3.8) is 0 Å². The zero-order chi connectivity index (χ0) is 17.6. The predicted molar refractivity (Wildman–Crippen MR) is 107 cm³/mol. The van der Waals surface area contributed by atoms with Crippen LogP contribution < -0.4 is 15.5 Å². The Balaban J connectivity index is 0.00000243. The Hall–Kier alpha value is -2.05. The number of nitrogens with zero attached hydrogens (tertiary/aromatic N) is 3. The summed E-state index contributed by atoms with van der Waals surface area (Å²) in [7, 11) is 2.04. The van der Waals surface area contributed by atoms with Gasteiger partial charge in [0.2, 0.25) is 0 Å². The van der Waals surface area contributed by atoms with E-state index in [4.69, 9.17) is 0 Å². The normalized spacial score (nSPS) is 17.8. The lowest BCUT2D eigenvalue weighted by atomic mass is 10.1. The SMILES string of the molecule is CC(CNC(=O)c1ccn(C2CCCNC2)n1)N(C)c1ccccc1.Cl. The summed E-state index contributed by atoms with van der Waals surface area (Å²) >= 11 is 0. The van der Waals surface area contributed by atoms with Gasteiger partial charge in [-0.3, -0.25) is 9.48 Å². The number of aromatic nitrogens is 2. The number of anilines is 1. The van der Waals surface area contributed by atoms with Crippen LogP contribution in [0.15, 0.2) is 42.6 Å². The summed E-state index contributed by atoms with van der Waals surface area (Å²) in [4.78, 5) is 14.5. The maximum atomic E-state index is 12.4. The highest BCUT2D eigenvalue weighted by molar-refractivity contribution is 5.92. The van der Waals surface area contributed by atoms with E-state index < -0.39 is 0 Å². The van der Waals surface area contributed by atoms with E-state index >= 15 is 0 Å². The molecule has 1 amide bonds. The number of hydrogen-bond acceptors (Lipinski definition) is 4. The summed E-state index contributed by atoms with van der Waals surface area (Å²) in [5, 5.41) is 10.8. The van der Waals surface area contributed by atoms with Crippen molar-refractivity contribution in [3.05, 3.63) is 48.3 Å². The third kappa shape index (κ3) is 4.99. The van der Waals surface area contributed by atoms with Crippen LogP contribution in [0, 0.1) is 0 Å². The van der Waals surface area contributed by atoms with Crippen molar-refractivity contribution in [2.75, 3.05) is 31.6 Å². The van der Waals surface area contributed by atoms with Crippen molar-refractivity contribution in [2.24, 2.45) is 0 Å². The lowest BCUT2D eigenvalue weighted by Gasteiger charge is -2.27. The van der Waals surface area contributed by atoms with E-state index in [2.05, 4.69) is 39.7 Å². The van der Waals surface area contributed by atoms with Gasteiger partial charge in [-0.15, -0.1) is 12.4 Å². The van der Waals surface area contributed by atoms with Crippen LogP contribution in [0.3, 0.4) is 0 Å². The summed E-state index contributed by atoms with van der Waals surface area (Å²) in [6.45, 7) is 4.65. The number of benzene rings is 1. The van der Waals surface area contributed by atoms with Crippen molar-refractivity contribution < 1.29 is 4.79 Å². The first-order chi connectivity index (χ1) is 12.1. The molecule has 2 aromatic rings. The minimum atomic E-state index is -0.115. The molecule has 2 unspecified atom stereocenters. The van der Waals surface area contributed by atoms with Gasteiger partial charge in [-0.05, 0) is 44.5 Å². The summed E-state index contributed by atoms with van der Waals surface area (Å²) in [6, 6.07) is 12.5. The first kappa shape index (κ1) is 20.3. The number of hydrogen-bond donors (Lipinski definition) is 2. The highest BCUT2D eigenvalue weighted by atomic mass is 35.5. The Morgan fingerprint density at radius 3 is 2.85 bits per heavy atom. The Morgan fingerprint density at radius 1 is 1.38 bits per heavy atom. The second kappa shape index (κ2) is 9.59. The van der Waals surface area contributed by atoms with Gasteiger partial charge < -0.3 is 15.5 Å². The highest BCUT2D eigenvalue weighted by Crippen LogP contribution is 2.16. The number of piperidine rings is 1. The number of likely N-dealkylation sites (N-methyl/N-ethyl adjacent to an activating group) is 1. The van der Waals surface area contributed by atoms with Gasteiger partial charge in [0.1, 0.15) is 5.69 Å². The molecule has 0 radical (unpaired) electrons. The number of carbonyl (C=O) groups is 1. The Labute approximate surface area is 161 Å². The van der Waals surface area contributed by atoms with Crippen molar-refractivity contribution in [1.29, 1.82) is 0 Å². The molecule has 6 nitrogen and oxygen atoms in total. The molecule has 0 aliphatic carbocycles. The van der Waals surface area contributed by atoms with E-state index in [1.165, 1.54) is 0 Å². The number of nitrogens with one attached hydrogen (secondary N) is 2. The van der Waals surface area contributed by atoms with Gasteiger partial charge in [-0.25, -0.2) is 0 Å². The molecule has 2 N–H and O–H groups in total. The van der Waals surface area contributed by atoms with Gasteiger partial charge >= 0.3 is 0 Å². The van der Waals surface area contributed by atoms with E-state index in [-0.39, 0.29) is 24.4 Å². The zero-order valence-electron chi connectivity index (χ0n) is 15.4. The predicted octanol–water partition coefficient (Wildman–Crippen LogP) is 2.48. The third-order valence-corrected chi connectivity index (χ3v) is 4.87. The summed E-state index contributed by atoms with van der Waals surface area (Å²) in [5.41, 5.74) is 1.62. The van der Waals surface area contributed by atoms with Crippen LogP contribution in [0.2, 0.25) is 0 Å². The minimum Gasteiger partial charge on any atom is -0.370 e. The smallest absolute Gasteiger partial charge is 0.271 e. The first-order valence-electron chi connectivity index (χ1n) is 8.97. The molecule has 2 atom stereocenters. The Morgan fingerprint density at radius 2 is 2.15 bits per heavy atom. The van der Waals surface area contributed by atoms with Crippen molar-refractivity contribution in [1.82, 2.24) is 20.4 Å². The molecule has 1 aliphatic rings. The summed E-state index contributed by atoms with van der Waals surface area (Å²) in [6.07, 6.45) is 4.16. The second-order valence-corrected chi connectivity index (χ2v) is 6.69. The molecular formula is C19H28ClN5O. The third-order valence-electron chi connectivity index (χ3n) is 4.87. The molecule has 1 aromatic heterocycles. The largest absolute Gasteiger partial charge is 0.370 e. The van der Waals surface area contributed by atoms with Gasteiger partial charge in [-0.2, -0.15) is 5.10 Å². The standard InChI is InChI=1S/C19H27N5O.ClH/c1-15(23(2)16-7-4-3-5-8-16)13-21-19(25)18-10-12-24(22-18)17-9-6-11-20-14-17;/h3-5,7-8,10,12,15,17,20H,6,9,11,13-14H2,1-2H3,(H,21,25);1H. The molecular weight excluding hydrogens is 350 g/mol. The Bertz CT molecular complexity index is 684. The molecule has 0 saturated carbocycles. The van der Waals surface area contributed by atoms with E-state index in [1.54, 1.807) is 6.07 Å². The number of carbonyl (C=O) groups excluding carboxylic acids is 1. The van der Waals surface area contributed by atoms with Gasteiger partial charge in [0.15, 0.2) is 0 Å². The van der Waals surface area contributed by atoms with Gasteiger partial charge in [0, 0.05) is 38.1 Å². The molecule has 0 bridgehead atoms.